The Morgan fingerprint density at radius 2 is 0.875 bits per heavy atom. The SMILES string of the molecule is CC1(C)NC(=O)[N+]([O-])=C1c1ccccc1.CC1=[N+]([O-])C(=O)NC1(C)c1ccccc1.CCC1(C)NC(=O)[N+]([O-])=C1c1ccccc1.O=C1NC2(CCCCC2)C(c2ccccc2)=[N+]1[O-]. The Labute approximate surface area is 372 Å². The van der Waals surface area contributed by atoms with E-state index in [1.165, 1.54) is 6.42 Å². The van der Waals surface area contributed by atoms with Gasteiger partial charge >= 0.3 is 24.1 Å². The lowest BCUT2D eigenvalue weighted by molar-refractivity contribution is -0.344. The van der Waals surface area contributed by atoms with E-state index in [1.807, 2.05) is 156 Å². The van der Waals surface area contributed by atoms with Crippen LogP contribution in [0.5, 0.6) is 0 Å². The zero-order valence-corrected chi connectivity index (χ0v) is 36.8. The minimum atomic E-state index is -0.680. The van der Waals surface area contributed by atoms with Gasteiger partial charge in [0.25, 0.3) is 0 Å². The van der Waals surface area contributed by atoms with Crippen LogP contribution in [-0.4, -0.2) is 82.5 Å². The van der Waals surface area contributed by atoms with Crippen molar-refractivity contribution in [2.75, 3.05) is 0 Å². The number of hydroxylamine groups is 4. The first-order chi connectivity index (χ1) is 30.4. The lowest BCUT2D eigenvalue weighted by Crippen LogP contribution is -2.50. The first-order valence-electron chi connectivity index (χ1n) is 21.2. The minimum Gasteiger partial charge on any atom is -0.708 e. The summed E-state index contributed by atoms with van der Waals surface area (Å²) in [7, 11) is 0. The number of benzene rings is 4. The van der Waals surface area contributed by atoms with Gasteiger partial charge in [0.2, 0.25) is 0 Å². The third-order valence-electron chi connectivity index (χ3n) is 12.4. The molecule has 16 nitrogen and oxygen atoms in total. The summed E-state index contributed by atoms with van der Waals surface area (Å²) in [5.74, 6) is 0. The quantitative estimate of drug-likeness (QED) is 0.117. The third kappa shape index (κ3) is 9.07. The van der Waals surface area contributed by atoms with E-state index in [2.05, 4.69) is 21.3 Å². The molecule has 5 aliphatic rings. The van der Waals surface area contributed by atoms with Crippen LogP contribution in [0.2, 0.25) is 0 Å². The molecule has 334 valence electrons. The lowest BCUT2D eigenvalue weighted by Gasteiger charge is -2.29. The maximum Gasteiger partial charge on any atom is 0.495 e. The fourth-order valence-electron chi connectivity index (χ4n) is 8.65. The number of hydrogen-bond donors (Lipinski definition) is 4. The van der Waals surface area contributed by atoms with Gasteiger partial charge in [-0.25, -0.2) is 21.3 Å². The van der Waals surface area contributed by atoms with E-state index in [0.717, 1.165) is 47.9 Å². The predicted octanol–water partition coefficient (Wildman–Crippen LogP) is 7.37. The van der Waals surface area contributed by atoms with E-state index in [1.54, 1.807) is 6.92 Å². The molecule has 1 spiro atoms. The van der Waals surface area contributed by atoms with Crippen molar-refractivity contribution in [1.29, 1.82) is 0 Å². The molecule has 16 heteroatoms. The van der Waals surface area contributed by atoms with Gasteiger partial charge in [-0.15, -0.1) is 0 Å². The molecule has 4 N–H and O–H groups in total. The molecule has 0 aromatic heterocycles. The van der Waals surface area contributed by atoms with Crippen molar-refractivity contribution in [2.24, 2.45) is 0 Å². The van der Waals surface area contributed by atoms with E-state index in [4.69, 9.17) is 0 Å². The largest absolute Gasteiger partial charge is 0.708 e. The second kappa shape index (κ2) is 18.5. The van der Waals surface area contributed by atoms with Crippen molar-refractivity contribution in [3.63, 3.8) is 0 Å². The van der Waals surface area contributed by atoms with Gasteiger partial charge in [0.15, 0.2) is 39.3 Å². The van der Waals surface area contributed by atoms with E-state index in [0.29, 0.717) is 48.2 Å². The highest BCUT2D eigenvalue weighted by atomic mass is 16.5. The summed E-state index contributed by atoms with van der Waals surface area (Å²) in [5.41, 5.74) is 3.08. The van der Waals surface area contributed by atoms with Gasteiger partial charge < -0.3 is 20.8 Å². The molecule has 0 radical (unpaired) electrons. The summed E-state index contributed by atoms with van der Waals surface area (Å²) in [6.45, 7) is 10.9. The van der Waals surface area contributed by atoms with Gasteiger partial charge in [0.1, 0.15) is 5.71 Å². The van der Waals surface area contributed by atoms with Crippen LogP contribution in [0.3, 0.4) is 0 Å². The zero-order valence-electron chi connectivity index (χ0n) is 36.8. The molecule has 2 atom stereocenters. The molecule has 4 heterocycles. The molecule has 8 amide bonds. The molecule has 0 bridgehead atoms. The Morgan fingerprint density at radius 3 is 1.31 bits per heavy atom. The molecular weight excluding hydrogens is 817 g/mol. The number of carbonyl (C=O) groups excluding carboxylic acids is 4. The van der Waals surface area contributed by atoms with E-state index < -0.39 is 46.3 Å². The van der Waals surface area contributed by atoms with Gasteiger partial charge in [0.05, 0.1) is 0 Å². The van der Waals surface area contributed by atoms with Gasteiger partial charge in [-0.05, 0) is 66.7 Å². The topological polar surface area (TPSA) is 221 Å². The standard InChI is InChI=1S/C14H16N2O2.C12H14N2O2.2C11H12N2O2/c17-13-15-14(9-5-2-6-10-14)12(16(13)18)11-7-3-1-4-8-11;1-3-12(2)10(14(16)11(15)13-12)9-7-5-4-6-8-9;1-11(2)9(13(15)10(14)12-11)8-6-4-3-5-7-8;1-8-11(2,12-10(14)13(8)15)9-6-4-3-5-7-9/h1,3-4,7-8H,2,5-6,9-10H2,(H,15,17);4-8H,3H2,1-2H3,(H,13,15);2*3-7H,1-2H3,(H,12,14). The Bertz CT molecular complexity index is 2540. The summed E-state index contributed by atoms with van der Waals surface area (Å²) < 4.78 is 1.84. The highest BCUT2D eigenvalue weighted by molar-refractivity contribution is 6.11. The smallest absolute Gasteiger partial charge is 0.495 e. The fraction of sp³-hybridized carbons (Fsp3) is 0.333. The highest BCUT2D eigenvalue weighted by Gasteiger charge is 2.52. The fourth-order valence-corrected chi connectivity index (χ4v) is 8.65. The Morgan fingerprint density at radius 1 is 0.484 bits per heavy atom. The summed E-state index contributed by atoms with van der Waals surface area (Å²) in [4.78, 5) is 45.6. The molecule has 1 saturated carbocycles. The van der Waals surface area contributed by atoms with Crippen molar-refractivity contribution < 1.29 is 38.1 Å². The normalized spacial score (nSPS) is 23.0. The number of hydrogen-bond acceptors (Lipinski definition) is 8. The number of rotatable bonds is 5. The highest BCUT2D eigenvalue weighted by Crippen LogP contribution is 2.34. The number of amides is 8. The van der Waals surface area contributed by atoms with Crippen molar-refractivity contribution in [3.8, 4) is 0 Å². The van der Waals surface area contributed by atoms with Crippen molar-refractivity contribution in [1.82, 2.24) is 21.3 Å². The zero-order chi connectivity index (χ0) is 46.5. The van der Waals surface area contributed by atoms with Gasteiger partial charge in [-0.3, -0.25) is 0 Å². The molecule has 4 aliphatic heterocycles. The molecule has 1 aliphatic carbocycles. The van der Waals surface area contributed by atoms with E-state index >= 15 is 0 Å². The number of nitrogens with zero attached hydrogens (tertiary/aromatic N) is 4. The van der Waals surface area contributed by atoms with E-state index in [9.17, 15) is 40.0 Å². The Hall–Kier alpha value is -7.36. The first kappa shape index (κ1) is 46.2. The Balaban J connectivity index is 0.000000142. The minimum absolute atomic E-state index is 0.410. The summed E-state index contributed by atoms with van der Waals surface area (Å²) in [5, 5.41) is 57.7. The first-order valence-corrected chi connectivity index (χ1v) is 21.2. The van der Waals surface area contributed by atoms with Crippen LogP contribution in [0.4, 0.5) is 19.2 Å². The molecule has 2 unspecified atom stereocenters. The third-order valence-corrected chi connectivity index (χ3v) is 12.4. The van der Waals surface area contributed by atoms with Crippen LogP contribution >= 0.6 is 0 Å². The summed E-state index contributed by atoms with van der Waals surface area (Å²) >= 11 is 0. The summed E-state index contributed by atoms with van der Waals surface area (Å²) in [6, 6.07) is 35.1. The Kier molecular flexibility index (Phi) is 13.4. The van der Waals surface area contributed by atoms with Crippen LogP contribution in [0.1, 0.15) is 102 Å². The average molecular weight is 871 g/mol. The summed E-state index contributed by atoms with van der Waals surface area (Å²) in [6.07, 6.45) is 5.71. The van der Waals surface area contributed by atoms with E-state index in [-0.39, 0.29) is 0 Å². The van der Waals surface area contributed by atoms with Crippen LogP contribution in [0.15, 0.2) is 121 Å². The van der Waals surface area contributed by atoms with Crippen molar-refractivity contribution in [3.05, 3.63) is 164 Å². The van der Waals surface area contributed by atoms with Crippen molar-refractivity contribution in [2.45, 2.75) is 102 Å². The van der Waals surface area contributed by atoms with Crippen molar-refractivity contribution >= 4 is 47.0 Å². The number of carbonyl (C=O) groups is 4. The van der Waals surface area contributed by atoms with Gasteiger partial charge in [-0.2, -0.15) is 38.1 Å². The number of urea groups is 4. The molecule has 1 fully saturated rings. The molecular formula is C48H54N8O8. The lowest BCUT2D eigenvalue weighted by atomic mass is 9.76. The second-order valence-electron chi connectivity index (χ2n) is 17.1. The van der Waals surface area contributed by atoms with Crippen LogP contribution in [-0.2, 0) is 5.54 Å². The monoisotopic (exact) mass is 870 g/mol. The van der Waals surface area contributed by atoms with Gasteiger partial charge in [-0.1, -0.05) is 135 Å². The van der Waals surface area contributed by atoms with Crippen LogP contribution in [0, 0.1) is 20.8 Å². The van der Waals surface area contributed by atoms with Crippen LogP contribution < -0.4 is 21.3 Å². The van der Waals surface area contributed by atoms with Crippen LogP contribution in [0.25, 0.3) is 0 Å². The molecule has 9 rings (SSSR count). The predicted molar refractivity (Wildman–Crippen MR) is 243 cm³/mol. The maximum absolute atomic E-state index is 12.0. The molecule has 4 aromatic rings. The number of nitrogens with one attached hydrogen (secondary N) is 4. The molecule has 0 saturated heterocycles. The molecule has 4 aromatic carbocycles. The molecule has 64 heavy (non-hydrogen) atoms. The average Bonchev–Trinajstić information content (AvgIpc) is 3.85. The van der Waals surface area contributed by atoms with Gasteiger partial charge in [0, 0.05) is 22.3 Å². The maximum atomic E-state index is 12.0. The second-order valence-corrected chi connectivity index (χ2v) is 17.1.